The van der Waals surface area contributed by atoms with Crippen molar-refractivity contribution in [3.8, 4) is 5.75 Å². The minimum Gasteiger partial charge on any atom is -0.497 e. The highest BCUT2D eigenvalue weighted by Crippen LogP contribution is 2.35. The van der Waals surface area contributed by atoms with Crippen LogP contribution in [0.15, 0.2) is 71.3 Å². The highest BCUT2D eigenvalue weighted by atomic mass is 32.2. The summed E-state index contributed by atoms with van der Waals surface area (Å²) in [7, 11) is -2.71. The lowest BCUT2D eigenvalue weighted by Gasteiger charge is -2.31. The number of nitrogens with one attached hydrogen (secondary N) is 1. The van der Waals surface area contributed by atoms with E-state index in [4.69, 9.17) is 14.6 Å². The molecule has 0 unspecified atom stereocenters. The van der Waals surface area contributed by atoms with Crippen LogP contribution in [0.2, 0.25) is 0 Å². The molecule has 35 heavy (non-hydrogen) atoms. The SMILES string of the molecule is COc1cccc(CNC(=O)C2=CN3C(=O)N(Cc4ccc(C(=O)O)cc4)S(=O)(=O)C(C)=C3O2)c1. The predicted octanol–water partition coefficient (Wildman–Crippen LogP) is 2.34. The van der Waals surface area contributed by atoms with Gasteiger partial charge in [0.05, 0.1) is 25.4 Å². The minimum absolute atomic E-state index is 0.0282. The molecular weight excluding hydrogens is 478 g/mol. The lowest BCUT2D eigenvalue weighted by Crippen LogP contribution is -2.47. The van der Waals surface area contributed by atoms with E-state index < -0.39 is 27.9 Å². The van der Waals surface area contributed by atoms with Crippen LogP contribution in [0, 0.1) is 0 Å². The number of carbonyl (C=O) groups is 3. The van der Waals surface area contributed by atoms with Gasteiger partial charge in [-0.2, -0.15) is 0 Å². The van der Waals surface area contributed by atoms with Gasteiger partial charge < -0.3 is 19.9 Å². The number of carboxylic acids is 1. The van der Waals surface area contributed by atoms with Crippen molar-refractivity contribution in [1.82, 2.24) is 14.5 Å². The van der Waals surface area contributed by atoms with Gasteiger partial charge in [0.2, 0.25) is 11.6 Å². The Labute approximate surface area is 200 Å². The van der Waals surface area contributed by atoms with Crippen LogP contribution in [0.3, 0.4) is 0 Å². The molecule has 2 aliphatic rings. The van der Waals surface area contributed by atoms with Crippen LogP contribution in [-0.2, 0) is 32.6 Å². The lowest BCUT2D eigenvalue weighted by molar-refractivity contribution is -0.120. The molecule has 0 fully saturated rings. The predicted molar refractivity (Wildman–Crippen MR) is 122 cm³/mol. The Hall–Kier alpha value is -4.32. The second kappa shape index (κ2) is 9.14. The van der Waals surface area contributed by atoms with E-state index in [2.05, 4.69) is 5.32 Å². The van der Waals surface area contributed by atoms with Crippen LogP contribution >= 0.6 is 0 Å². The number of hydrogen-bond donors (Lipinski definition) is 2. The number of carbonyl (C=O) groups excluding carboxylic acids is 2. The molecule has 2 heterocycles. The number of amides is 3. The number of aromatic carboxylic acids is 1. The van der Waals surface area contributed by atoms with Crippen molar-refractivity contribution in [3.05, 3.63) is 88.0 Å². The average molecular weight is 500 g/mol. The summed E-state index contributed by atoms with van der Waals surface area (Å²) in [6.07, 6.45) is 1.14. The molecule has 0 spiro atoms. The smallest absolute Gasteiger partial charge is 0.345 e. The Kier molecular flexibility index (Phi) is 6.22. The second-order valence-electron chi connectivity index (χ2n) is 7.66. The maximum absolute atomic E-state index is 13.0. The topological polar surface area (TPSA) is 143 Å². The quantitative estimate of drug-likeness (QED) is 0.591. The molecule has 2 aromatic rings. The summed E-state index contributed by atoms with van der Waals surface area (Å²) in [5, 5.41) is 11.7. The number of hydrogen-bond acceptors (Lipinski definition) is 7. The fourth-order valence-electron chi connectivity index (χ4n) is 3.47. The van der Waals surface area contributed by atoms with Gasteiger partial charge in [-0.15, -0.1) is 0 Å². The summed E-state index contributed by atoms with van der Waals surface area (Å²) in [6.45, 7) is 1.10. The molecule has 0 saturated carbocycles. The van der Waals surface area contributed by atoms with E-state index in [9.17, 15) is 22.8 Å². The fraction of sp³-hybridized carbons (Fsp3) is 0.174. The van der Waals surface area contributed by atoms with Gasteiger partial charge in [0.25, 0.3) is 15.9 Å². The summed E-state index contributed by atoms with van der Waals surface area (Å²) >= 11 is 0. The lowest BCUT2D eigenvalue weighted by atomic mass is 10.1. The molecule has 182 valence electrons. The molecule has 0 bridgehead atoms. The van der Waals surface area contributed by atoms with Crippen molar-refractivity contribution in [2.24, 2.45) is 0 Å². The summed E-state index contributed by atoms with van der Waals surface area (Å²) in [4.78, 5) is 37.4. The summed E-state index contributed by atoms with van der Waals surface area (Å²) in [6, 6.07) is 11.6. The van der Waals surface area contributed by atoms with Crippen LogP contribution in [0.4, 0.5) is 4.79 Å². The zero-order chi connectivity index (χ0) is 25.3. The Balaban J connectivity index is 1.52. The molecule has 0 atom stereocenters. The van der Waals surface area contributed by atoms with Crippen LogP contribution in [0.25, 0.3) is 0 Å². The van der Waals surface area contributed by atoms with E-state index >= 15 is 0 Å². The molecule has 3 amide bonds. The van der Waals surface area contributed by atoms with E-state index in [0.717, 1.165) is 16.7 Å². The molecule has 2 aliphatic heterocycles. The molecular formula is C23H21N3O8S. The highest BCUT2D eigenvalue weighted by Gasteiger charge is 2.46. The number of nitrogens with zero attached hydrogens (tertiary/aromatic N) is 2. The Morgan fingerprint density at radius 3 is 2.49 bits per heavy atom. The van der Waals surface area contributed by atoms with Gasteiger partial charge in [-0.05, 0) is 42.3 Å². The first-order valence-electron chi connectivity index (χ1n) is 10.3. The first-order valence-corrected chi connectivity index (χ1v) is 11.8. The standard InChI is InChI=1S/C23H21N3O8S/c1-14-21-25(13-19(34-21)20(27)24-11-16-4-3-5-18(10-16)33-2)23(30)26(35(14,31)32)12-15-6-8-17(9-7-15)22(28)29/h3-10,13H,11-12H2,1-2H3,(H,24,27)(H,28,29). The molecule has 11 nitrogen and oxygen atoms in total. The van der Waals surface area contributed by atoms with Crippen molar-refractivity contribution >= 4 is 27.9 Å². The molecule has 0 aromatic heterocycles. The first kappa shape index (κ1) is 23.8. The fourth-order valence-corrected chi connectivity index (χ4v) is 4.77. The Morgan fingerprint density at radius 2 is 1.83 bits per heavy atom. The Morgan fingerprint density at radius 1 is 1.11 bits per heavy atom. The van der Waals surface area contributed by atoms with Gasteiger partial charge in [0, 0.05) is 6.54 Å². The number of fused-ring (bicyclic) bond motifs is 1. The monoisotopic (exact) mass is 499 g/mol. The van der Waals surface area contributed by atoms with E-state index in [1.165, 1.54) is 38.3 Å². The average Bonchev–Trinajstić information content (AvgIpc) is 3.30. The minimum atomic E-state index is -4.24. The van der Waals surface area contributed by atoms with Gasteiger partial charge in [-0.3, -0.25) is 4.79 Å². The first-order chi connectivity index (χ1) is 16.6. The molecule has 12 heteroatoms. The highest BCUT2D eigenvalue weighted by molar-refractivity contribution is 7.93. The number of allylic oxidation sites excluding steroid dienone is 1. The van der Waals surface area contributed by atoms with Crippen LogP contribution < -0.4 is 10.1 Å². The molecule has 0 saturated heterocycles. The zero-order valence-corrected chi connectivity index (χ0v) is 19.5. The number of urea groups is 1. The van der Waals surface area contributed by atoms with Gasteiger partial charge in [0.1, 0.15) is 10.7 Å². The summed E-state index contributed by atoms with van der Waals surface area (Å²) in [5.74, 6) is -1.64. The van der Waals surface area contributed by atoms with E-state index in [1.54, 1.807) is 24.3 Å². The van der Waals surface area contributed by atoms with Crippen LogP contribution in [0.1, 0.15) is 28.4 Å². The molecule has 4 rings (SSSR count). The molecule has 2 aromatic carbocycles. The number of carboxylic acid groups (broad SMARTS) is 1. The Bertz CT molecular complexity index is 1380. The van der Waals surface area contributed by atoms with Crippen LogP contribution in [0.5, 0.6) is 5.75 Å². The largest absolute Gasteiger partial charge is 0.497 e. The van der Waals surface area contributed by atoms with Crippen molar-refractivity contribution in [3.63, 3.8) is 0 Å². The van der Waals surface area contributed by atoms with Crippen molar-refractivity contribution in [2.75, 3.05) is 7.11 Å². The number of rotatable bonds is 7. The van der Waals surface area contributed by atoms with Crippen molar-refractivity contribution in [1.29, 1.82) is 0 Å². The normalized spacial score (nSPS) is 16.4. The third kappa shape index (κ3) is 4.55. The maximum atomic E-state index is 13.0. The second-order valence-corrected chi connectivity index (χ2v) is 9.66. The van der Waals surface area contributed by atoms with E-state index in [0.29, 0.717) is 15.6 Å². The van der Waals surface area contributed by atoms with Gasteiger partial charge in [0.15, 0.2) is 0 Å². The molecule has 0 radical (unpaired) electrons. The van der Waals surface area contributed by atoms with Gasteiger partial charge in [-0.1, -0.05) is 24.3 Å². The summed E-state index contributed by atoms with van der Waals surface area (Å²) < 4.78 is 37.3. The third-order valence-corrected chi connectivity index (χ3v) is 7.22. The zero-order valence-electron chi connectivity index (χ0n) is 18.7. The number of ether oxygens (including phenoxy) is 2. The van der Waals surface area contributed by atoms with Crippen molar-refractivity contribution in [2.45, 2.75) is 20.0 Å². The molecule has 2 N–H and O–H groups in total. The van der Waals surface area contributed by atoms with E-state index in [-0.39, 0.29) is 35.2 Å². The maximum Gasteiger partial charge on any atom is 0.345 e. The number of methoxy groups -OCH3 is 1. The third-order valence-electron chi connectivity index (χ3n) is 5.41. The van der Waals surface area contributed by atoms with Crippen LogP contribution in [-0.4, -0.2) is 47.7 Å². The number of sulfonamides is 1. The van der Waals surface area contributed by atoms with Gasteiger partial charge >= 0.3 is 12.0 Å². The van der Waals surface area contributed by atoms with Crippen molar-refractivity contribution < 1.29 is 37.4 Å². The number of benzene rings is 2. The molecule has 0 aliphatic carbocycles. The van der Waals surface area contributed by atoms with Gasteiger partial charge in [-0.25, -0.2) is 27.2 Å². The van der Waals surface area contributed by atoms with E-state index in [1.807, 2.05) is 0 Å². The summed E-state index contributed by atoms with van der Waals surface area (Å²) in [5.41, 5.74) is 1.20.